The van der Waals surface area contributed by atoms with Gasteiger partial charge in [0.2, 0.25) is 0 Å². The van der Waals surface area contributed by atoms with Crippen LogP contribution in [-0.2, 0) is 6.54 Å². The number of nitrogens with one attached hydrogen (secondary N) is 2. The molecule has 0 aliphatic heterocycles. The number of ether oxygens (including phenoxy) is 1. The van der Waals surface area contributed by atoms with Crippen LogP contribution in [0.3, 0.4) is 0 Å². The van der Waals surface area contributed by atoms with Crippen LogP contribution in [0.4, 0.5) is 0 Å². The molecule has 0 saturated carbocycles. The number of carbonyl (C=O) groups excluding carboxylic acids is 1. The van der Waals surface area contributed by atoms with E-state index in [1.807, 2.05) is 0 Å². The molecule has 18 heavy (non-hydrogen) atoms. The fraction of sp³-hybridized carbons (Fsp3) is 0.167. The number of rotatable bonds is 4. The number of nitrogens with zero attached hydrogens (tertiary/aromatic N) is 1. The molecule has 94 valence electrons. The molecule has 0 saturated heterocycles. The second kappa shape index (κ2) is 5.55. The molecule has 6 heteroatoms. The zero-order chi connectivity index (χ0) is 13.0. The Labute approximate surface area is 109 Å². The quantitative estimate of drug-likeness (QED) is 0.889. The molecule has 0 bridgehead atoms. The van der Waals surface area contributed by atoms with Crippen molar-refractivity contribution in [3.05, 3.63) is 46.7 Å². The van der Waals surface area contributed by atoms with Gasteiger partial charge in [-0.15, -0.1) is 0 Å². The SMILES string of the molecule is COc1cccc(Cl)c1CNC(=O)c1cn[nH]c1. The van der Waals surface area contributed by atoms with Crippen LogP contribution in [0.5, 0.6) is 5.75 Å². The van der Waals surface area contributed by atoms with E-state index in [1.165, 1.54) is 12.4 Å². The van der Waals surface area contributed by atoms with Crippen molar-refractivity contribution in [1.29, 1.82) is 0 Å². The molecule has 1 amide bonds. The minimum absolute atomic E-state index is 0.217. The van der Waals surface area contributed by atoms with Crippen molar-refractivity contribution in [2.24, 2.45) is 0 Å². The van der Waals surface area contributed by atoms with Gasteiger partial charge in [0.1, 0.15) is 5.75 Å². The van der Waals surface area contributed by atoms with Crippen molar-refractivity contribution < 1.29 is 9.53 Å². The van der Waals surface area contributed by atoms with E-state index in [1.54, 1.807) is 25.3 Å². The fourth-order valence-electron chi connectivity index (χ4n) is 1.55. The van der Waals surface area contributed by atoms with Gasteiger partial charge in [0.15, 0.2) is 0 Å². The highest BCUT2D eigenvalue weighted by atomic mass is 35.5. The summed E-state index contributed by atoms with van der Waals surface area (Å²) in [6, 6.07) is 5.34. The molecule has 2 rings (SSSR count). The van der Waals surface area contributed by atoms with E-state index in [0.29, 0.717) is 22.9 Å². The lowest BCUT2D eigenvalue weighted by Gasteiger charge is -2.10. The first-order valence-electron chi connectivity index (χ1n) is 5.30. The highest BCUT2D eigenvalue weighted by Crippen LogP contribution is 2.25. The van der Waals surface area contributed by atoms with Crippen molar-refractivity contribution in [3.8, 4) is 5.75 Å². The Bertz CT molecular complexity index is 540. The zero-order valence-corrected chi connectivity index (χ0v) is 10.5. The number of H-pyrrole nitrogens is 1. The largest absolute Gasteiger partial charge is 0.496 e. The molecule has 0 radical (unpaired) electrons. The Morgan fingerprint density at radius 3 is 3.06 bits per heavy atom. The smallest absolute Gasteiger partial charge is 0.254 e. The van der Waals surface area contributed by atoms with Gasteiger partial charge in [-0.3, -0.25) is 9.89 Å². The minimum Gasteiger partial charge on any atom is -0.496 e. The summed E-state index contributed by atoms with van der Waals surface area (Å²) in [5.74, 6) is 0.431. The maximum Gasteiger partial charge on any atom is 0.254 e. The first kappa shape index (κ1) is 12.4. The molecule has 0 atom stereocenters. The monoisotopic (exact) mass is 265 g/mol. The Hall–Kier alpha value is -2.01. The molecule has 1 aromatic heterocycles. The van der Waals surface area contributed by atoms with Crippen molar-refractivity contribution in [2.45, 2.75) is 6.54 Å². The van der Waals surface area contributed by atoms with Crippen LogP contribution in [0, 0.1) is 0 Å². The number of carbonyl (C=O) groups is 1. The van der Waals surface area contributed by atoms with Gasteiger partial charge in [-0.05, 0) is 12.1 Å². The molecule has 0 aliphatic carbocycles. The molecular weight excluding hydrogens is 254 g/mol. The van der Waals surface area contributed by atoms with Crippen molar-refractivity contribution in [3.63, 3.8) is 0 Å². The maximum absolute atomic E-state index is 11.7. The van der Waals surface area contributed by atoms with Gasteiger partial charge < -0.3 is 10.1 Å². The van der Waals surface area contributed by atoms with E-state index >= 15 is 0 Å². The van der Waals surface area contributed by atoms with Crippen LogP contribution >= 0.6 is 11.6 Å². The molecule has 2 aromatic rings. The van der Waals surface area contributed by atoms with E-state index < -0.39 is 0 Å². The average molecular weight is 266 g/mol. The molecular formula is C12H12ClN3O2. The molecule has 0 aliphatic rings. The molecule has 1 aromatic carbocycles. The lowest BCUT2D eigenvalue weighted by Crippen LogP contribution is -2.22. The molecule has 0 spiro atoms. The lowest BCUT2D eigenvalue weighted by molar-refractivity contribution is 0.0951. The van der Waals surface area contributed by atoms with Gasteiger partial charge in [0.25, 0.3) is 5.91 Å². The van der Waals surface area contributed by atoms with Crippen molar-refractivity contribution >= 4 is 17.5 Å². The standard InChI is InChI=1S/C12H12ClN3O2/c1-18-11-4-2-3-10(13)9(11)7-14-12(17)8-5-15-16-6-8/h2-6H,7H2,1H3,(H,14,17)(H,15,16). The van der Waals surface area contributed by atoms with Crippen molar-refractivity contribution in [2.75, 3.05) is 7.11 Å². The van der Waals surface area contributed by atoms with Crippen LogP contribution in [0.2, 0.25) is 5.02 Å². The van der Waals surface area contributed by atoms with Gasteiger partial charge in [0, 0.05) is 23.3 Å². The predicted octanol–water partition coefficient (Wildman–Crippen LogP) is 2.00. The molecule has 5 nitrogen and oxygen atoms in total. The van der Waals surface area contributed by atoms with Gasteiger partial charge in [-0.25, -0.2) is 0 Å². The molecule has 0 unspecified atom stereocenters. The van der Waals surface area contributed by atoms with E-state index in [2.05, 4.69) is 15.5 Å². The van der Waals surface area contributed by atoms with Crippen LogP contribution in [0.1, 0.15) is 15.9 Å². The normalized spacial score (nSPS) is 10.1. The fourth-order valence-corrected chi connectivity index (χ4v) is 1.78. The summed E-state index contributed by atoms with van der Waals surface area (Å²) in [7, 11) is 1.56. The summed E-state index contributed by atoms with van der Waals surface area (Å²) in [6.45, 7) is 0.298. The topological polar surface area (TPSA) is 67.0 Å². The third-order valence-electron chi connectivity index (χ3n) is 2.48. The average Bonchev–Trinajstić information content (AvgIpc) is 2.90. The number of hydrogen-bond donors (Lipinski definition) is 2. The Morgan fingerprint density at radius 2 is 2.39 bits per heavy atom. The Morgan fingerprint density at radius 1 is 1.56 bits per heavy atom. The Kier molecular flexibility index (Phi) is 3.84. The number of aromatic amines is 1. The van der Waals surface area contributed by atoms with Crippen LogP contribution < -0.4 is 10.1 Å². The summed E-state index contributed by atoms with van der Waals surface area (Å²) in [5.41, 5.74) is 1.22. The minimum atomic E-state index is -0.217. The highest BCUT2D eigenvalue weighted by molar-refractivity contribution is 6.31. The molecule has 1 heterocycles. The number of halogens is 1. The summed E-state index contributed by atoms with van der Waals surface area (Å²) in [6.07, 6.45) is 2.98. The molecule has 0 fully saturated rings. The predicted molar refractivity (Wildman–Crippen MR) is 67.8 cm³/mol. The van der Waals surface area contributed by atoms with E-state index in [9.17, 15) is 4.79 Å². The summed E-state index contributed by atoms with van der Waals surface area (Å²) in [4.78, 5) is 11.7. The first-order chi connectivity index (χ1) is 8.72. The number of hydrogen-bond acceptors (Lipinski definition) is 3. The van der Waals surface area contributed by atoms with Gasteiger partial charge >= 0.3 is 0 Å². The second-order valence-electron chi connectivity index (χ2n) is 3.59. The highest BCUT2D eigenvalue weighted by Gasteiger charge is 2.10. The van der Waals surface area contributed by atoms with E-state index in [-0.39, 0.29) is 5.91 Å². The maximum atomic E-state index is 11.7. The van der Waals surface area contributed by atoms with Crippen molar-refractivity contribution in [1.82, 2.24) is 15.5 Å². The third kappa shape index (κ3) is 2.62. The third-order valence-corrected chi connectivity index (χ3v) is 2.84. The van der Waals surface area contributed by atoms with Crippen LogP contribution in [-0.4, -0.2) is 23.2 Å². The lowest BCUT2D eigenvalue weighted by atomic mass is 10.2. The van der Waals surface area contributed by atoms with Crippen LogP contribution in [0.25, 0.3) is 0 Å². The summed E-state index contributed by atoms with van der Waals surface area (Å²) < 4.78 is 5.19. The number of methoxy groups -OCH3 is 1. The first-order valence-corrected chi connectivity index (χ1v) is 5.68. The van der Waals surface area contributed by atoms with E-state index in [0.717, 1.165) is 5.56 Å². The number of aromatic nitrogens is 2. The summed E-state index contributed by atoms with van der Waals surface area (Å²) in [5, 5.41) is 9.60. The van der Waals surface area contributed by atoms with Gasteiger partial charge in [-0.2, -0.15) is 5.10 Å². The Balaban J connectivity index is 2.09. The van der Waals surface area contributed by atoms with Gasteiger partial charge in [-0.1, -0.05) is 17.7 Å². The second-order valence-corrected chi connectivity index (χ2v) is 4.00. The molecule has 2 N–H and O–H groups in total. The van der Waals surface area contributed by atoms with Gasteiger partial charge in [0.05, 0.1) is 18.9 Å². The zero-order valence-electron chi connectivity index (χ0n) is 9.74. The number of amides is 1. The summed E-state index contributed by atoms with van der Waals surface area (Å²) >= 11 is 6.07. The number of benzene rings is 1. The van der Waals surface area contributed by atoms with E-state index in [4.69, 9.17) is 16.3 Å². The van der Waals surface area contributed by atoms with Crippen LogP contribution in [0.15, 0.2) is 30.6 Å².